The Morgan fingerprint density at radius 2 is 2.11 bits per heavy atom. The standard InChI is InChI=1S/C13H23BrN2OS/c1-3-11(4-2)16(5-6-17)12(8-15)13-7-10(14)9-18-13/h7,9,11-12,17H,3-6,8,15H2,1-2H3. The third kappa shape index (κ3) is 4.03. The van der Waals surface area contributed by atoms with E-state index in [1.807, 2.05) is 0 Å². The van der Waals surface area contributed by atoms with Crippen molar-refractivity contribution in [3.8, 4) is 0 Å². The van der Waals surface area contributed by atoms with Crippen molar-refractivity contribution < 1.29 is 5.11 Å². The van der Waals surface area contributed by atoms with E-state index in [2.05, 4.69) is 46.1 Å². The number of nitrogens with zero attached hydrogens (tertiary/aromatic N) is 1. The molecule has 3 N–H and O–H groups in total. The molecule has 1 atom stereocenters. The van der Waals surface area contributed by atoms with E-state index in [4.69, 9.17) is 5.73 Å². The van der Waals surface area contributed by atoms with Gasteiger partial charge in [0.1, 0.15) is 0 Å². The van der Waals surface area contributed by atoms with Gasteiger partial charge in [-0.2, -0.15) is 0 Å². The van der Waals surface area contributed by atoms with Crippen molar-refractivity contribution in [1.82, 2.24) is 4.90 Å². The Morgan fingerprint density at radius 1 is 1.44 bits per heavy atom. The highest BCUT2D eigenvalue weighted by molar-refractivity contribution is 9.10. The van der Waals surface area contributed by atoms with Crippen LogP contribution >= 0.6 is 27.3 Å². The average Bonchev–Trinajstić information content (AvgIpc) is 2.78. The Morgan fingerprint density at radius 3 is 2.50 bits per heavy atom. The maximum atomic E-state index is 9.28. The highest BCUT2D eigenvalue weighted by Crippen LogP contribution is 2.31. The van der Waals surface area contributed by atoms with E-state index in [9.17, 15) is 5.11 Å². The topological polar surface area (TPSA) is 49.5 Å². The lowest BCUT2D eigenvalue weighted by Gasteiger charge is -2.36. The Bertz CT molecular complexity index is 341. The van der Waals surface area contributed by atoms with E-state index >= 15 is 0 Å². The van der Waals surface area contributed by atoms with Crippen LogP contribution < -0.4 is 5.73 Å². The van der Waals surface area contributed by atoms with Gasteiger partial charge in [-0.25, -0.2) is 0 Å². The van der Waals surface area contributed by atoms with Crippen molar-refractivity contribution in [3.05, 3.63) is 20.8 Å². The molecule has 0 radical (unpaired) electrons. The number of rotatable bonds is 8. The third-order valence-electron chi connectivity index (χ3n) is 3.31. The van der Waals surface area contributed by atoms with Crippen molar-refractivity contribution in [1.29, 1.82) is 0 Å². The normalized spacial score (nSPS) is 13.5. The number of halogens is 1. The Labute approximate surface area is 122 Å². The molecule has 1 aromatic heterocycles. The molecule has 0 amide bonds. The van der Waals surface area contributed by atoms with Gasteiger partial charge in [0.05, 0.1) is 12.6 Å². The van der Waals surface area contributed by atoms with E-state index in [1.165, 1.54) is 4.88 Å². The minimum atomic E-state index is 0.180. The zero-order chi connectivity index (χ0) is 13.5. The third-order valence-corrected chi connectivity index (χ3v) is 5.10. The fourth-order valence-electron chi connectivity index (χ4n) is 2.38. The molecule has 0 spiro atoms. The molecule has 0 bridgehead atoms. The van der Waals surface area contributed by atoms with Crippen molar-refractivity contribution in [2.24, 2.45) is 5.73 Å². The van der Waals surface area contributed by atoms with Gasteiger partial charge in [0.15, 0.2) is 0 Å². The molecular formula is C13H23BrN2OS. The first-order chi connectivity index (χ1) is 8.67. The van der Waals surface area contributed by atoms with Crippen molar-refractivity contribution in [2.75, 3.05) is 19.7 Å². The second-order valence-electron chi connectivity index (χ2n) is 4.35. The summed E-state index contributed by atoms with van der Waals surface area (Å²) in [6, 6.07) is 2.82. The number of hydrogen-bond donors (Lipinski definition) is 2. The van der Waals surface area contributed by atoms with Gasteiger partial charge >= 0.3 is 0 Å². The summed E-state index contributed by atoms with van der Waals surface area (Å²) >= 11 is 5.22. The monoisotopic (exact) mass is 334 g/mol. The summed E-state index contributed by atoms with van der Waals surface area (Å²) in [6.45, 7) is 5.83. The van der Waals surface area contributed by atoms with Gasteiger partial charge in [-0.1, -0.05) is 13.8 Å². The first-order valence-electron chi connectivity index (χ1n) is 6.48. The molecule has 5 heteroatoms. The summed E-state index contributed by atoms with van der Waals surface area (Å²) in [4.78, 5) is 3.61. The Hall–Kier alpha value is 0.0600. The number of aliphatic hydroxyl groups is 1. The maximum Gasteiger partial charge on any atom is 0.0568 e. The minimum Gasteiger partial charge on any atom is -0.395 e. The van der Waals surface area contributed by atoms with Crippen LogP contribution in [0.25, 0.3) is 0 Å². The summed E-state index contributed by atoms with van der Waals surface area (Å²) < 4.78 is 1.11. The van der Waals surface area contributed by atoms with E-state index in [-0.39, 0.29) is 12.6 Å². The highest BCUT2D eigenvalue weighted by atomic mass is 79.9. The smallest absolute Gasteiger partial charge is 0.0568 e. The molecule has 1 heterocycles. The van der Waals surface area contributed by atoms with E-state index in [0.717, 1.165) is 17.3 Å². The van der Waals surface area contributed by atoms with Crippen LogP contribution in [0.5, 0.6) is 0 Å². The lowest BCUT2D eigenvalue weighted by atomic mass is 10.1. The number of nitrogens with two attached hydrogens (primary N) is 1. The summed E-state index contributed by atoms with van der Waals surface area (Å²) in [5.41, 5.74) is 5.96. The van der Waals surface area contributed by atoms with Gasteiger partial charge in [-0.05, 0) is 34.8 Å². The van der Waals surface area contributed by atoms with Crippen LogP contribution in [-0.2, 0) is 0 Å². The largest absolute Gasteiger partial charge is 0.395 e. The molecule has 1 aromatic rings. The Kier molecular flexibility index (Phi) is 7.41. The molecule has 0 saturated heterocycles. The van der Waals surface area contributed by atoms with Gasteiger partial charge < -0.3 is 10.8 Å². The second-order valence-corrected chi connectivity index (χ2v) is 6.21. The molecule has 0 aliphatic rings. The van der Waals surface area contributed by atoms with Crippen molar-refractivity contribution in [3.63, 3.8) is 0 Å². The lowest BCUT2D eigenvalue weighted by Crippen LogP contribution is -2.42. The molecular weight excluding hydrogens is 312 g/mol. The zero-order valence-corrected chi connectivity index (χ0v) is 13.5. The van der Waals surface area contributed by atoms with Crippen LogP contribution in [0, 0.1) is 0 Å². The summed E-state index contributed by atoms with van der Waals surface area (Å²) in [6.07, 6.45) is 2.17. The SMILES string of the molecule is CCC(CC)N(CCO)C(CN)c1cc(Br)cs1. The van der Waals surface area contributed by atoms with Crippen molar-refractivity contribution >= 4 is 27.3 Å². The van der Waals surface area contributed by atoms with Crippen molar-refractivity contribution in [2.45, 2.75) is 38.8 Å². The predicted molar refractivity (Wildman–Crippen MR) is 82.0 cm³/mol. The molecule has 0 aliphatic carbocycles. The fourth-order valence-corrected chi connectivity index (χ4v) is 3.96. The summed E-state index contributed by atoms with van der Waals surface area (Å²) in [5, 5.41) is 11.4. The van der Waals surface area contributed by atoms with Crippen LogP contribution in [0.4, 0.5) is 0 Å². The van der Waals surface area contributed by atoms with Gasteiger partial charge in [-0.15, -0.1) is 11.3 Å². The molecule has 0 aliphatic heterocycles. The molecule has 3 nitrogen and oxygen atoms in total. The van der Waals surface area contributed by atoms with E-state index in [0.29, 0.717) is 19.1 Å². The van der Waals surface area contributed by atoms with Gasteiger partial charge in [0.25, 0.3) is 0 Å². The molecule has 1 unspecified atom stereocenters. The average molecular weight is 335 g/mol. The predicted octanol–water partition coefficient (Wildman–Crippen LogP) is 2.99. The van der Waals surface area contributed by atoms with E-state index < -0.39 is 0 Å². The van der Waals surface area contributed by atoms with Crippen LogP contribution in [0.2, 0.25) is 0 Å². The number of hydrogen-bond acceptors (Lipinski definition) is 4. The molecule has 0 saturated carbocycles. The Balaban J connectivity index is 2.92. The van der Waals surface area contributed by atoms with Crippen LogP contribution in [-0.4, -0.2) is 35.7 Å². The lowest BCUT2D eigenvalue weighted by molar-refractivity contribution is 0.101. The molecule has 104 valence electrons. The van der Waals surface area contributed by atoms with Gasteiger partial charge in [0, 0.05) is 33.9 Å². The van der Waals surface area contributed by atoms with Gasteiger partial charge in [0.2, 0.25) is 0 Å². The second kappa shape index (κ2) is 8.27. The molecule has 0 aromatic carbocycles. The maximum absolute atomic E-state index is 9.28. The minimum absolute atomic E-state index is 0.180. The fraction of sp³-hybridized carbons (Fsp3) is 0.692. The highest BCUT2D eigenvalue weighted by Gasteiger charge is 2.25. The van der Waals surface area contributed by atoms with Crippen LogP contribution in [0.3, 0.4) is 0 Å². The summed E-state index contributed by atoms with van der Waals surface area (Å²) in [5.74, 6) is 0. The quantitative estimate of drug-likeness (QED) is 0.768. The molecule has 18 heavy (non-hydrogen) atoms. The first kappa shape index (κ1) is 16.1. The number of thiophene rings is 1. The number of aliphatic hydroxyl groups excluding tert-OH is 1. The van der Waals surface area contributed by atoms with E-state index in [1.54, 1.807) is 11.3 Å². The first-order valence-corrected chi connectivity index (χ1v) is 8.15. The summed E-state index contributed by atoms with van der Waals surface area (Å²) in [7, 11) is 0. The zero-order valence-electron chi connectivity index (χ0n) is 11.1. The van der Waals surface area contributed by atoms with Crippen LogP contribution in [0.15, 0.2) is 15.9 Å². The molecule has 1 rings (SSSR count). The van der Waals surface area contributed by atoms with Gasteiger partial charge in [-0.3, -0.25) is 4.90 Å². The van der Waals surface area contributed by atoms with Crippen LogP contribution in [0.1, 0.15) is 37.6 Å². The molecule has 0 fully saturated rings.